The van der Waals surface area contributed by atoms with Crippen molar-refractivity contribution in [2.75, 3.05) is 13.7 Å². The number of rotatable bonds is 6. The largest absolute Gasteiger partial charge is 0.384 e. The Bertz CT molecular complexity index is 431. The number of ether oxygens (including phenoxy) is 1. The number of hydrogen-bond donors (Lipinski definition) is 0. The molecule has 0 bridgehead atoms. The number of nitro groups is 1. The molecule has 1 aromatic heterocycles. The van der Waals surface area contributed by atoms with Gasteiger partial charge in [-0.05, 0) is 0 Å². The molecule has 0 amide bonds. The van der Waals surface area contributed by atoms with Gasteiger partial charge in [-0.25, -0.2) is 0 Å². The van der Waals surface area contributed by atoms with Gasteiger partial charge in [-0.1, -0.05) is 29.8 Å². The Labute approximate surface area is 115 Å². The van der Waals surface area contributed by atoms with Gasteiger partial charge in [0.1, 0.15) is 11.4 Å². The second-order valence-corrected chi connectivity index (χ2v) is 5.77. The van der Waals surface area contributed by atoms with E-state index in [1.807, 2.05) is 13.8 Å². The zero-order chi connectivity index (χ0) is 13.9. The topological polar surface area (TPSA) is 70.2 Å². The van der Waals surface area contributed by atoms with Crippen molar-refractivity contribution in [2.45, 2.75) is 31.0 Å². The van der Waals surface area contributed by atoms with Crippen LogP contribution in [0.2, 0.25) is 0 Å². The van der Waals surface area contributed by atoms with Crippen LogP contribution in [0, 0.1) is 10.1 Å². The molecule has 1 heterocycles. The Hall–Kier alpha value is -0.950. The summed E-state index contributed by atoms with van der Waals surface area (Å²) < 4.78 is 6.62. The third kappa shape index (κ3) is 3.29. The van der Waals surface area contributed by atoms with Crippen LogP contribution in [0.4, 0.5) is 5.69 Å². The Morgan fingerprint density at radius 2 is 2.17 bits per heavy atom. The number of methoxy groups -OCH3 is 1. The monoisotopic (exact) mass is 319 g/mol. The predicted octanol–water partition coefficient (Wildman–Crippen LogP) is 2.40. The molecular formula is C11H18BrN3O3. The fraction of sp³-hybridized carbons (Fsp3) is 0.727. The lowest BCUT2D eigenvalue weighted by molar-refractivity contribution is -0.386. The Balaban J connectivity index is 3.13. The highest BCUT2D eigenvalue weighted by Crippen LogP contribution is 2.30. The van der Waals surface area contributed by atoms with E-state index in [0.29, 0.717) is 24.4 Å². The van der Waals surface area contributed by atoms with E-state index in [1.165, 1.54) is 0 Å². The quantitative estimate of drug-likeness (QED) is 0.458. The van der Waals surface area contributed by atoms with Gasteiger partial charge < -0.3 is 4.74 Å². The molecule has 0 aliphatic carbocycles. The molecule has 0 aliphatic rings. The molecule has 0 saturated carbocycles. The summed E-state index contributed by atoms with van der Waals surface area (Å²) in [5, 5.41) is 15.5. The molecule has 0 radical (unpaired) electrons. The molecule has 1 rings (SSSR count). The highest BCUT2D eigenvalue weighted by molar-refractivity contribution is 9.09. The highest BCUT2D eigenvalue weighted by Gasteiger charge is 2.29. The summed E-state index contributed by atoms with van der Waals surface area (Å²) in [7, 11) is 3.34. The van der Waals surface area contributed by atoms with Crippen molar-refractivity contribution in [3.63, 3.8) is 0 Å². The number of nitrogens with zero attached hydrogens (tertiary/aromatic N) is 3. The molecule has 1 atom stereocenters. The first-order chi connectivity index (χ1) is 8.38. The molecular weight excluding hydrogens is 302 g/mol. The van der Waals surface area contributed by atoms with Crippen molar-refractivity contribution in [2.24, 2.45) is 7.05 Å². The maximum Gasteiger partial charge on any atom is 0.313 e. The first kappa shape index (κ1) is 15.1. The minimum absolute atomic E-state index is 0.0292. The zero-order valence-corrected chi connectivity index (χ0v) is 12.6. The van der Waals surface area contributed by atoms with Gasteiger partial charge in [0.25, 0.3) is 0 Å². The Kier molecular flexibility index (Phi) is 5.28. The number of alkyl halides is 1. The summed E-state index contributed by atoms with van der Waals surface area (Å²) in [5.74, 6) is 0.0292. The lowest BCUT2D eigenvalue weighted by Crippen LogP contribution is -2.13. The van der Waals surface area contributed by atoms with Crippen LogP contribution in [0.5, 0.6) is 0 Å². The summed E-state index contributed by atoms with van der Waals surface area (Å²) in [4.78, 5) is 10.9. The smallest absolute Gasteiger partial charge is 0.313 e. The predicted molar refractivity (Wildman–Crippen MR) is 72.2 cm³/mol. The van der Waals surface area contributed by atoms with Gasteiger partial charge in [0.05, 0.1) is 11.5 Å². The summed E-state index contributed by atoms with van der Waals surface area (Å²) in [6.45, 7) is 4.30. The second-order valence-electron chi connectivity index (χ2n) is 4.47. The van der Waals surface area contributed by atoms with Crippen molar-refractivity contribution in [3.05, 3.63) is 21.5 Å². The molecule has 7 heteroatoms. The van der Waals surface area contributed by atoms with E-state index in [2.05, 4.69) is 21.0 Å². The van der Waals surface area contributed by atoms with E-state index in [9.17, 15) is 10.1 Å². The van der Waals surface area contributed by atoms with Gasteiger partial charge in [0.2, 0.25) is 0 Å². The fourth-order valence-electron chi connectivity index (χ4n) is 1.84. The number of aromatic nitrogens is 2. The molecule has 18 heavy (non-hydrogen) atoms. The number of hydrogen-bond acceptors (Lipinski definition) is 4. The van der Waals surface area contributed by atoms with E-state index in [4.69, 9.17) is 4.74 Å². The zero-order valence-electron chi connectivity index (χ0n) is 11.0. The maximum absolute atomic E-state index is 11.2. The van der Waals surface area contributed by atoms with Crippen molar-refractivity contribution < 1.29 is 9.66 Å². The van der Waals surface area contributed by atoms with Gasteiger partial charge in [-0.3, -0.25) is 14.8 Å². The van der Waals surface area contributed by atoms with Crippen LogP contribution in [0.1, 0.15) is 31.2 Å². The van der Waals surface area contributed by atoms with Crippen molar-refractivity contribution in [1.29, 1.82) is 0 Å². The molecule has 6 nitrogen and oxygen atoms in total. The van der Waals surface area contributed by atoms with Gasteiger partial charge in [-0.15, -0.1) is 0 Å². The third-order valence-corrected chi connectivity index (χ3v) is 3.24. The van der Waals surface area contributed by atoms with Gasteiger partial charge in [-0.2, -0.15) is 5.10 Å². The molecule has 1 aromatic rings. The Morgan fingerprint density at radius 1 is 1.56 bits per heavy atom. The molecule has 0 N–H and O–H groups in total. The van der Waals surface area contributed by atoms with Crippen LogP contribution >= 0.6 is 15.9 Å². The Morgan fingerprint density at radius 3 is 2.61 bits per heavy atom. The van der Waals surface area contributed by atoms with Crippen LogP contribution in [0.25, 0.3) is 0 Å². The van der Waals surface area contributed by atoms with Gasteiger partial charge in [0.15, 0.2) is 0 Å². The lowest BCUT2D eigenvalue weighted by atomic mass is 10.1. The first-order valence-corrected chi connectivity index (χ1v) is 6.63. The minimum atomic E-state index is -0.343. The summed E-state index contributed by atoms with van der Waals surface area (Å²) in [6, 6.07) is 0. The van der Waals surface area contributed by atoms with Gasteiger partial charge >= 0.3 is 5.69 Å². The average Bonchev–Trinajstić information content (AvgIpc) is 2.57. The van der Waals surface area contributed by atoms with Crippen molar-refractivity contribution >= 4 is 21.6 Å². The molecule has 1 unspecified atom stereocenters. The summed E-state index contributed by atoms with van der Waals surface area (Å²) >= 11 is 3.45. The third-order valence-electron chi connectivity index (χ3n) is 2.66. The highest BCUT2D eigenvalue weighted by atomic mass is 79.9. The van der Waals surface area contributed by atoms with Crippen molar-refractivity contribution in [3.8, 4) is 0 Å². The summed E-state index contributed by atoms with van der Waals surface area (Å²) in [6.07, 6.45) is 0.514. The van der Waals surface area contributed by atoms with Crippen LogP contribution in [0.15, 0.2) is 0 Å². The van der Waals surface area contributed by atoms with Crippen LogP contribution in [0.3, 0.4) is 0 Å². The van der Waals surface area contributed by atoms with Gasteiger partial charge in [0, 0.05) is 31.3 Å². The molecule has 0 fully saturated rings. The molecule has 0 saturated heterocycles. The maximum atomic E-state index is 11.2. The van der Waals surface area contributed by atoms with Crippen LogP contribution < -0.4 is 0 Å². The molecule has 0 aromatic carbocycles. The van der Waals surface area contributed by atoms with E-state index < -0.39 is 0 Å². The first-order valence-electron chi connectivity index (χ1n) is 5.71. The van der Waals surface area contributed by atoms with Crippen LogP contribution in [-0.4, -0.2) is 33.2 Å². The normalized spacial score (nSPS) is 13.0. The SMILES string of the molecule is COCC(Br)Cc1c([N+](=O)[O-])c(C(C)C)nn1C. The van der Waals surface area contributed by atoms with E-state index in [1.54, 1.807) is 18.8 Å². The van der Waals surface area contributed by atoms with Crippen LogP contribution in [-0.2, 0) is 18.2 Å². The second kappa shape index (κ2) is 6.29. The number of aryl methyl sites for hydroxylation is 1. The molecule has 0 aliphatic heterocycles. The van der Waals surface area contributed by atoms with E-state index in [-0.39, 0.29) is 21.4 Å². The number of halogens is 1. The van der Waals surface area contributed by atoms with Crippen molar-refractivity contribution in [1.82, 2.24) is 9.78 Å². The fourth-order valence-corrected chi connectivity index (χ4v) is 2.41. The molecule has 102 valence electrons. The summed E-state index contributed by atoms with van der Waals surface area (Å²) in [5.41, 5.74) is 1.30. The standard InChI is InChI=1S/C11H18BrN3O3/c1-7(2)10-11(15(16)17)9(14(3)13-10)5-8(12)6-18-4/h7-8H,5-6H2,1-4H3. The van der Waals surface area contributed by atoms with E-state index in [0.717, 1.165) is 0 Å². The average molecular weight is 320 g/mol. The van der Waals surface area contributed by atoms with E-state index >= 15 is 0 Å². The minimum Gasteiger partial charge on any atom is -0.384 e. The molecule has 0 spiro atoms. The lowest BCUT2D eigenvalue weighted by Gasteiger charge is -2.08.